The fourth-order valence-electron chi connectivity index (χ4n) is 3.69. The molecule has 0 saturated heterocycles. The first-order chi connectivity index (χ1) is 15.9. The molecule has 0 aliphatic carbocycles. The van der Waals surface area contributed by atoms with E-state index in [-0.39, 0.29) is 45.5 Å². The zero-order valence-corrected chi connectivity index (χ0v) is 19.7. The maximum absolute atomic E-state index is 13.3. The Bertz CT molecular complexity index is 1230. The van der Waals surface area contributed by atoms with Crippen molar-refractivity contribution >= 4 is 11.0 Å². The lowest BCUT2D eigenvalue weighted by Crippen LogP contribution is -2.08. The summed E-state index contributed by atoms with van der Waals surface area (Å²) in [6.07, 6.45) is 0. The van der Waals surface area contributed by atoms with Crippen molar-refractivity contribution in [2.45, 2.75) is 0 Å². The van der Waals surface area contributed by atoms with Gasteiger partial charge in [-0.2, -0.15) is 0 Å². The smallest absolute Gasteiger partial charge is 0.211 e. The molecule has 3 rings (SSSR count). The monoisotopic (exact) mass is 462 g/mol. The van der Waals surface area contributed by atoms with Gasteiger partial charge in [-0.1, -0.05) is 0 Å². The van der Waals surface area contributed by atoms with Gasteiger partial charge < -0.3 is 42.3 Å². The van der Waals surface area contributed by atoms with Gasteiger partial charge in [-0.15, -0.1) is 0 Å². The van der Waals surface area contributed by atoms with Crippen molar-refractivity contribution in [3.63, 3.8) is 0 Å². The molecule has 0 radical (unpaired) electrons. The van der Waals surface area contributed by atoms with Crippen molar-refractivity contribution in [1.29, 1.82) is 0 Å². The number of ether oxygens (including phenoxy) is 8. The molecule has 10 nitrogen and oxygen atoms in total. The second-order valence-corrected chi connectivity index (χ2v) is 6.53. The topological polar surface area (TPSA) is 104 Å². The zero-order valence-electron chi connectivity index (χ0n) is 19.7. The molecule has 1 heterocycles. The van der Waals surface area contributed by atoms with E-state index in [1.165, 1.54) is 62.9 Å². The third-order valence-electron chi connectivity index (χ3n) is 5.08. The van der Waals surface area contributed by atoms with Gasteiger partial charge >= 0.3 is 0 Å². The fourth-order valence-corrected chi connectivity index (χ4v) is 3.69. The highest BCUT2D eigenvalue weighted by Gasteiger charge is 2.30. The quantitative estimate of drug-likeness (QED) is 0.469. The highest BCUT2D eigenvalue weighted by Crippen LogP contribution is 2.53. The Hall–Kier alpha value is -3.95. The van der Waals surface area contributed by atoms with Gasteiger partial charge in [0.1, 0.15) is 22.5 Å². The maximum atomic E-state index is 13.3. The molecular formula is C23H26O10. The van der Waals surface area contributed by atoms with Gasteiger partial charge in [0.2, 0.25) is 23.0 Å². The Labute approximate surface area is 190 Å². The van der Waals surface area contributed by atoms with Crippen molar-refractivity contribution in [2.24, 2.45) is 0 Å². The van der Waals surface area contributed by atoms with Crippen LogP contribution in [-0.4, -0.2) is 56.9 Å². The summed E-state index contributed by atoms with van der Waals surface area (Å²) in [4.78, 5) is 13.3. The standard InChI is InChI=1S/C23H26O10/c1-25-12-10-14(26-2)17(27-3)19(29-5)16(12)13-9-11(24)15-18(28-4)21(30-6)23(32-8)22(31-7)20(15)33-13/h9-10H,1-8H3. The molecule has 0 amide bonds. The molecule has 0 aliphatic rings. The number of benzene rings is 2. The average Bonchev–Trinajstić information content (AvgIpc) is 2.85. The number of hydrogen-bond acceptors (Lipinski definition) is 10. The van der Waals surface area contributed by atoms with Crippen LogP contribution >= 0.6 is 0 Å². The van der Waals surface area contributed by atoms with Gasteiger partial charge in [-0.05, 0) is 0 Å². The van der Waals surface area contributed by atoms with E-state index < -0.39 is 5.43 Å². The molecule has 0 saturated carbocycles. The SMILES string of the molecule is COc1cc(OC)c(-c2cc(=O)c3c(OC)c(OC)c(OC)c(OC)c3o2)c(OC)c1OC. The minimum atomic E-state index is -0.416. The van der Waals surface area contributed by atoms with E-state index >= 15 is 0 Å². The number of hydrogen-bond donors (Lipinski definition) is 0. The third-order valence-corrected chi connectivity index (χ3v) is 5.08. The molecule has 33 heavy (non-hydrogen) atoms. The first kappa shape index (κ1) is 23.7. The van der Waals surface area contributed by atoms with Gasteiger partial charge in [0.15, 0.2) is 28.3 Å². The molecule has 0 N–H and O–H groups in total. The lowest BCUT2D eigenvalue weighted by molar-refractivity contribution is 0.306. The van der Waals surface area contributed by atoms with E-state index in [1.807, 2.05) is 0 Å². The van der Waals surface area contributed by atoms with Crippen LogP contribution in [0.3, 0.4) is 0 Å². The average molecular weight is 462 g/mol. The van der Waals surface area contributed by atoms with Gasteiger partial charge in [0, 0.05) is 12.1 Å². The van der Waals surface area contributed by atoms with Crippen molar-refractivity contribution in [1.82, 2.24) is 0 Å². The number of fused-ring (bicyclic) bond motifs is 1. The third kappa shape index (κ3) is 3.67. The second-order valence-electron chi connectivity index (χ2n) is 6.53. The number of rotatable bonds is 9. The van der Waals surface area contributed by atoms with Crippen LogP contribution in [0, 0.1) is 0 Å². The lowest BCUT2D eigenvalue weighted by atomic mass is 10.1. The normalized spacial score (nSPS) is 10.5. The summed E-state index contributed by atoms with van der Waals surface area (Å²) >= 11 is 0. The summed E-state index contributed by atoms with van der Waals surface area (Å²) in [6, 6.07) is 2.90. The summed E-state index contributed by atoms with van der Waals surface area (Å²) in [5.41, 5.74) is 0.0158. The van der Waals surface area contributed by atoms with E-state index in [4.69, 9.17) is 42.3 Å². The van der Waals surface area contributed by atoms with E-state index in [1.54, 1.807) is 6.07 Å². The minimum Gasteiger partial charge on any atom is -0.496 e. The molecule has 0 bridgehead atoms. The van der Waals surface area contributed by atoms with Gasteiger partial charge in [0.05, 0.1) is 56.9 Å². The van der Waals surface area contributed by atoms with Crippen LogP contribution in [-0.2, 0) is 0 Å². The van der Waals surface area contributed by atoms with Crippen LogP contribution in [0.25, 0.3) is 22.3 Å². The molecule has 0 aliphatic heterocycles. The molecule has 0 spiro atoms. The van der Waals surface area contributed by atoms with E-state index in [0.29, 0.717) is 22.8 Å². The molecule has 3 aromatic rings. The van der Waals surface area contributed by atoms with Crippen LogP contribution in [0.15, 0.2) is 21.3 Å². The predicted octanol–water partition coefficient (Wildman–Crippen LogP) is 3.53. The summed E-state index contributed by atoms with van der Waals surface area (Å²) in [5, 5.41) is 0.120. The van der Waals surface area contributed by atoms with Crippen molar-refractivity contribution < 1.29 is 42.3 Å². The van der Waals surface area contributed by atoms with E-state index in [9.17, 15) is 4.79 Å². The molecule has 0 unspecified atom stereocenters. The molecule has 1 aromatic heterocycles. The van der Waals surface area contributed by atoms with Crippen LogP contribution in [0.1, 0.15) is 0 Å². The summed E-state index contributed by atoms with van der Waals surface area (Å²) in [5.74, 6) is 2.11. The highest BCUT2D eigenvalue weighted by molar-refractivity contribution is 5.96. The van der Waals surface area contributed by atoms with Crippen LogP contribution in [0.2, 0.25) is 0 Å². The summed E-state index contributed by atoms with van der Waals surface area (Å²) in [7, 11) is 11.6. The molecule has 178 valence electrons. The van der Waals surface area contributed by atoms with E-state index in [2.05, 4.69) is 0 Å². The summed E-state index contributed by atoms with van der Waals surface area (Å²) in [6.45, 7) is 0. The van der Waals surface area contributed by atoms with Crippen LogP contribution < -0.4 is 43.3 Å². The van der Waals surface area contributed by atoms with Crippen molar-refractivity contribution in [3.05, 3.63) is 22.4 Å². The molecule has 0 fully saturated rings. The molecule has 0 atom stereocenters. The van der Waals surface area contributed by atoms with Crippen molar-refractivity contribution in [2.75, 3.05) is 56.9 Å². The van der Waals surface area contributed by atoms with Gasteiger partial charge in [-0.25, -0.2) is 0 Å². The minimum absolute atomic E-state index is 0.0911. The predicted molar refractivity (Wildman–Crippen MR) is 120 cm³/mol. The Morgan fingerprint density at radius 2 is 1.06 bits per heavy atom. The van der Waals surface area contributed by atoms with E-state index in [0.717, 1.165) is 0 Å². The van der Waals surface area contributed by atoms with Gasteiger partial charge in [0.25, 0.3) is 0 Å². The first-order valence-corrected chi connectivity index (χ1v) is 9.67. The highest BCUT2D eigenvalue weighted by atomic mass is 16.6. The Morgan fingerprint density at radius 1 is 0.545 bits per heavy atom. The van der Waals surface area contributed by atoms with Gasteiger partial charge in [-0.3, -0.25) is 4.79 Å². The fraction of sp³-hybridized carbons (Fsp3) is 0.348. The molecule has 2 aromatic carbocycles. The first-order valence-electron chi connectivity index (χ1n) is 9.67. The lowest BCUT2D eigenvalue weighted by Gasteiger charge is -2.20. The van der Waals surface area contributed by atoms with Crippen LogP contribution in [0.5, 0.6) is 46.0 Å². The van der Waals surface area contributed by atoms with Crippen molar-refractivity contribution in [3.8, 4) is 57.3 Å². The summed E-state index contributed by atoms with van der Waals surface area (Å²) < 4.78 is 50.1. The Morgan fingerprint density at radius 3 is 1.55 bits per heavy atom. The second kappa shape index (κ2) is 9.68. The zero-order chi connectivity index (χ0) is 24.3. The molecule has 10 heteroatoms. The van der Waals surface area contributed by atoms with Crippen LogP contribution in [0.4, 0.5) is 0 Å². The number of methoxy groups -OCH3 is 8. The Kier molecular flexibility index (Phi) is 6.95. The molecular weight excluding hydrogens is 436 g/mol. The largest absolute Gasteiger partial charge is 0.496 e. The maximum Gasteiger partial charge on any atom is 0.211 e. The Balaban J connectivity index is 2.53.